The Balaban J connectivity index is 1.31. The monoisotopic (exact) mass is 352 g/mol. The minimum Gasteiger partial charge on any atom is -0.386 e. The van der Waals surface area contributed by atoms with Gasteiger partial charge >= 0.3 is 0 Å². The van der Waals surface area contributed by atoms with Crippen molar-refractivity contribution in [1.29, 1.82) is 0 Å². The summed E-state index contributed by atoms with van der Waals surface area (Å²) in [5.74, 6) is 0.380. The van der Waals surface area contributed by atoms with Crippen molar-refractivity contribution >= 4 is 16.9 Å². The molecule has 2 aromatic heterocycles. The SMILES string of the molecule is O=C(Cc1noc2ccccc12)N1CCn2nc([C@@H](O)C3CC3)cc2C1. The third-order valence-corrected chi connectivity index (χ3v) is 5.31. The van der Waals surface area contributed by atoms with Gasteiger partial charge in [0.15, 0.2) is 5.58 Å². The Morgan fingerprint density at radius 2 is 2.15 bits per heavy atom. The van der Waals surface area contributed by atoms with Crippen LogP contribution in [0, 0.1) is 5.92 Å². The third kappa shape index (κ3) is 2.68. The molecule has 134 valence electrons. The second-order valence-corrected chi connectivity index (χ2v) is 7.18. The highest BCUT2D eigenvalue weighted by Crippen LogP contribution is 2.40. The first-order valence-electron chi connectivity index (χ1n) is 9.05. The zero-order valence-corrected chi connectivity index (χ0v) is 14.3. The van der Waals surface area contributed by atoms with Gasteiger partial charge in [-0.05, 0) is 37.0 Å². The lowest BCUT2D eigenvalue weighted by atomic mass is 10.1. The average Bonchev–Trinajstić information content (AvgIpc) is 3.30. The molecule has 0 spiro atoms. The van der Waals surface area contributed by atoms with E-state index < -0.39 is 6.10 Å². The van der Waals surface area contributed by atoms with Gasteiger partial charge in [0.25, 0.3) is 0 Å². The first-order valence-corrected chi connectivity index (χ1v) is 9.05. The van der Waals surface area contributed by atoms with Crippen LogP contribution >= 0.6 is 0 Å². The van der Waals surface area contributed by atoms with E-state index >= 15 is 0 Å². The van der Waals surface area contributed by atoms with Gasteiger partial charge in [0.05, 0.1) is 30.9 Å². The summed E-state index contributed by atoms with van der Waals surface area (Å²) in [7, 11) is 0. The largest absolute Gasteiger partial charge is 0.386 e. The fraction of sp³-hybridized carbons (Fsp3) is 0.421. The average molecular weight is 352 g/mol. The zero-order valence-electron chi connectivity index (χ0n) is 14.3. The van der Waals surface area contributed by atoms with Crippen molar-refractivity contribution in [2.75, 3.05) is 6.54 Å². The van der Waals surface area contributed by atoms with Crippen LogP contribution in [-0.2, 0) is 24.3 Å². The molecule has 1 aliphatic carbocycles. The van der Waals surface area contributed by atoms with Crippen LogP contribution in [-0.4, -0.2) is 37.4 Å². The van der Waals surface area contributed by atoms with Gasteiger partial charge in [-0.3, -0.25) is 9.48 Å². The molecule has 7 nitrogen and oxygen atoms in total. The fourth-order valence-electron chi connectivity index (χ4n) is 3.62. The second kappa shape index (κ2) is 5.95. The molecule has 1 aromatic carbocycles. The number of aliphatic hydroxyl groups excluding tert-OH is 1. The topological polar surface area (TPSA) is 84.4 Å². The van der Waals surface area contributed by atoms with Gasteiger partial charge in [0, 0.05) is 11.9 Å². The molecule has 3 aromatic rings. The summed E-state index contributed by atoms with van der Waals surface area (Å²) >= 11 is 0. The molecule has 1 fully saturated rings. The third-order valence-electron chi connectivity index (χ3n) is 5.31. The van der Waals surface area contributed by atoms with Gasteiger partial charge < -0.3 is 14.5 Å². The second-order valence-electron chi connectivity index (χ2n) is 7.18. The lowest BCUT2D eigenvalue weighted by molar-refractivity contribution is -0.132. The Bertz CT molecular complexity index is 972. The van der Waals surface area contributed by atoms with Crippen molar-refractivity contribution in [3.05, 3.63) is 47.4 Å². The molecule has 0 saturated heterocycles. The summed E-state index contributed by atoms with van der Waals surface area (Å²) in [6.45, 7) is 1.78. The van der Waals surface area contributed by atoms with E-state index in [4.69, 9.17) is 4.52 Å². The summed E-state index contributed by atoms with van der Waals surface area (Å²) in [6, 6.07) is 9.51. The van der Waals surface area contributed by atoms with Crippen LogP contribution in [0.1, 0.15) is 36.0 Å². The molecule has 1 saturated carbocycles. The molecule has 7 heteroatoms. The highest BCUT2D eigenvalue weighted by atomic mass is 16.5. The van der Waals surface area contributed by atoms with Gasteiger partial charge in [0.1, 0.15) is 11.8 Å². The number of benzene rings is 1. The van der Waals surface area contributed by atoms with Crippen LogP contribution in [0.15, 0.2) is 34.9 Å². The highest BCUT2D eigenvalue weighted by molar-refractivity contribution is 5.86. The molecule has 1 amide bonds. The molecular weight excluding hydrogens is 332 g/mol. The summed E-state index contributed by atoms with van der Waals surface area (Å²) < 4.78 is 7.20. The maximum atomic E-state index is 12.7. The molecule has 0 unspecified atom stereocenters. The summed E-state index contributed by atoms with van der Waals surface area (Å²) in [5, 5.41) is 19.7. The van der Waals surface area contributed by atoms with E-state index in [2.05, 4.69) is 10.3 Å². The van der Waals surface area contributed by atoms with E-state index in [9.17, 15) is 9.90 Å². The zero-order chi connectivity index (χ0) is 17.7. The predicted molar refractivity (Wildman–Crippen MR) is 93.0 cm³/mol. The number of aliphatic hydroxyl groups is 1. The van der Waals surface area contributed by atoms with E-state index in [1.54, 1.807) is 0 Å². The van der Waals surface area contributed by atoms with Crippen LogP contribution in [0.25, 0.3) is 11.0 Å². The minimum absolute atomic E-state index is 0.0285. The van der Waals surface area contributed by atoms with Crippen molar-refractivity contribution in [3.8, 4) is 0 Å². The van der Waals surface area contributed by atoms with Gasteiger partial charge in [-0.25, -0.2) is 0 Å². The van der Waals surface area contributed by atoms with Gasteiger partial charge in [-0.2, -0.15) is 5.10 Å². The van der Waals surface area contributed by atoms with Crippen molar-refractivity contribution in [1.82, 2.24) is 19.8 Å². The molecule has 1 N–H and O–H groups in total. The van der Waals surface area contributed by atoms with E-state index in [0.29, 0.717) is 36.8 Å². The number of para-hydroxylation sites is 1. The molecule has 1 aliphatic heterocycles. The number of aromatic nitrogens is 3. The van der Waals surface area contributed by atoms with Crippen LogP contribution in [0.2, 0.25) is 0 Å². The number of amides is 1. The Morgan fingerprint density at radius 1 is 1.31 bits per heavy atom. The van der Waals surface area contributed by atoms with E-state index in [-0.39, 0.29) is 12.3 Å². The highest BCUT2D eigenvalue weighted by Gasteiger charge is 2.33. The number of carbonyl (C=O) groups is 1. The molecule has 3 heterocycles. The Morgan fingerprint density at radius 3 is 3.00 bits per heavy atom. The van der Waals surface area contributed by atoms with Gasteiger partial charge in [-0.15, -0.1) is 0 Å². The smallest absolute Gasteiger partial charge is 0.229 e. The summed E-state index contributed by atoms with van der Waals surface area (Å²) in [6.07, 6.45) is 1.89. The molecule has 0 bridgehead atoms. The molecule has 1 atom stereocenters. The Hall–Kier alpha value is -2.67. The van der Waals surface area contributed by atoms with E-state index in [1.807, 2.05) is 39.9 Å². The summed E-state index contributed by atoms with van der Waals surface area (Å²) in [4.78, 5) is 14.6. The van der Waals surface area contributed by atoms with Gasteiger partial charge in [0.2, 0.25) is 5.91 Å². The first kappa shape index (κ1) is 15.6. The van der Waals surface area contributed by atoms with E-state index in [1.165, 1.54) is 0 Å². The van der Waals surface area contributed by atoms with Crippen LogP contribution in [0.4, 0.5) is 0 Å². The maximum absolute atomic E-state index is 12.7. The van der Waals surface area contributed by atoms with Crippen LogP contribution in [0.5, 0.6) is 0 Å². The predicted octanol–water partition coefficient (Wildman–Crippen LogP) is 2.05. The standard InChI is InChI=1S/C19H20N4O3/c24-18(10-15-14-3-1-2-4-17(14)26-21-15)22-7-8-23-13(11-22)9-16(20-23)19(25)12-5-6-12/h1-4,9,12,19,25H,5-8,10-11H2/t19-/m0/s1. The lowest BCUT2D eigenvalue weighted by Crippen LogP contribution is -2.39. The minimum atomic E-state index is -0.473. The number of nitrogens with zero attached hydrogens (tertiary/aromatic N) is 4. The Kier molecular flexibility index (Phi) is 3.56. The number of hydrogen-bond donors (Lipinski definition) is 1. The number of rotatable bonds is 4. The molecule has 2 aliphatic rings. The van der Waals surface area contributed by atoms with E-state index in [0.717, 1.165) is 29.6 Å². The van der Waals surface area contributed by atoms with Gasteiger partial charge in [-0.1, -0.05) is 17.3 Å². The van der Waals surface area contributed by atoms with Crippen molar-refractivity contribution in [3.63, 3.8) is 0 Å². The fourth-order valence-corrected chi connectivity index (χ4v) is 3.62. The van der Waals surface area contributed by atoms with Crippen LogP contribution in [0.3, 0.4) is 0 Å². The quantitative estimate of drug-likeness (QED) is 0.777. The molecule has 5 rings (SSSR count). The number of carbonyl (C=O) groups excluding carboxylic acids is 1. The molecule has 0 radical (unpaired) electrons. The maximum Gasteiger partial charge on any atom is 0.229 e. The number of hydrogen-bond acceptors (Lipinski definition) is 5. The molecule has 26 heavy (non-hydrogen) atoms. The lowest BCUT2D eigenvalue weighted by Gasteiger charge is -2.27. The van der Waals surface area contributed by atoms with Crippen molar-refractivity contribution in [2.24, 2.45) is 5.92 Å². The molecular formula is C19H20N4O3. The Labute approximate surface area is 150 Å². The number of fused-ring (bicyclic) bond motifs is 2. The normalized spacial score (nSPS) is 18.1. The first-order chi connectivity index (χ1) is 12.7. The summed E-state index contributed by atoms with van der Waals surface area (Å²) in [5.41, 5.74) is 3.09. The van der Waals surface area contributed by atoms with Crippen molar-refractivity contribution in [2.45, 2.75) is 38.5 Å². The van der Waals surface area contributed by atoms with Crippen LogP contribution < -0.4 is 0 Å². The van der Waals surface area contributed by atoms with Crippen molar-refractivity contribution < 1.29 is 14.4 Å².